The second kappa shape index (κ2) is 6.57. The number of anilines is 1. The van der Waals surface area contributed by atoms with E-state index in [4.69, 9.17) is 10.8 Å². The lowest BCUT2D eigenvalue weighted by atomic mass is 10.1. The van der Waals surface area contributed by atoms with Crippen LogP contribution in [0, 0.1) is 15.9 Å². The second-order valence-electron chi connectivity index (χ2n) is 3.95. The van der Waals surface area contributed by atoms with Crippen molar-refractivity contribution in [2.24, 2.45) is 5.73 Å². The highest BCUT2D eigenvalue weighted by molar-refractivity contribution is 5.95. The summed E-state index contributed by atoms with van der Waals surface area (Å²) in [5.74, 6) is -2.82. The van der Waals surface area contributed by atoms with Crippen molar-refractivity contribution in [1.29, 1.82) is 0 Å². The minimum Gasteiger partial charge on any atom is -0.481 e. The Hall–Kier alpha value is -2.55. The minimum atomic E-state index is -1.09. The molecule has 0 aromatic heterocycles. The molecule has 0 heterocycles. The van der Waals surface area contributed by atoms with Crippen molar-refractivity contribution in [2.75, 3.05) is 5.32 Å². The summed E-state index contributed by atoms with van der Waals surface area (Å²) >= 11 is 0. The van der Waals surface area contributed by atoms with E-state index in [1.165, 1.54) is 0 Å². The number of halogens is 1. The van der Waals surface area contributed by atoms with Crippen molar-refractivity contribution >= 4 is 23.3 Å². The van der Waals surface area contributed by atoms with Crippen LogP contribution in [0.15, 0.2) is 18.2 Å². The van der Waals surface area contributed by atoms with Gasteiger partial charge in [0.2, 0.25) is 11.7 Å². The molecule has 1 aromatic carbocycles. The van der Waals surface area contributed by atoms with Crippen molar-refractivity contribution < 1.29 is 24.0 Å². The van der Waals surface area contributed by atoms with Crippen molar-refractivity contribution in [3.8, 4) is 0 Å². The first-order valence-corrected chi connectivity index (χ1v) is 5.53. The molecule has 1 atom stereocenters. The van der Waals surface area contributed by atoms with E-state index in [1.807, 2.05) is 0 Å². The lowest BCUT2D eigenvalue weighted by Crippen LogP contribution is -2.36. The van der Waals surface area contributed by atoms with Crippen LogP contribution in [-0.2, 0) is 9.59 Å². The van der Waals surface area contributed by atoms with Crippen molar-refractivity contribution in [3.63, 3.8) is 0 Å². The molecule has 0 saturated carbocycles. The summed E-state index contributed by atoms with van der Waals surface area (Å²) in [7, 11) is 0. The largest absolute Gasteiger partial charge is 0.481 e. The van der Waals surface area contributed by atoms with Crippen molar-refractivity contribution in [3.05, 3.63) is 34.1 Å². The Bertz CT molecular complexity index is 549. The Kier molecular flexibility index (Phi) is 5.09. The Labute approximate surface area is 112 Å². The first kappa shape index (κ1) is 15.5. The summed E-state index contributed by atoms with van der Waals surface area (Å²) in [5.41, 5.74) is 4.69. The Morgan fingerprint density at radius 1 is 1.50 bits per heavy atom. The molecule has 0 aliphatic carbocycles. The van der Waals surface area contributed by atoms with Gasteiger partial charge in [-0.2, -0.15) is 4.39 Å². The van der Waals surface area contributed by atoms with Crippen LogP contribution in [0.25, 0.3) is 0 Å². The average Bonchev–Trinajstić information content (AvgIpc) is 2.37. The van der Waals surface area contributed by atoms with Gasteiger partial charge in [0.15, 0.2) is 0 Å². The van der Waals surface area contributed by atoms with E-state index in [9.17, 15) is 24.1 Å². The van der Waals surface area contributed by atoms with Crippen LogP contribution < -0.4 is 11.1 Å². The zero-order chi connectivity index (χ0) is 15.3. The third-order valence-electron chi connectivity index (χ3n) is 2.42. The maximum atomic E-state index is 13.1. The number of hydrogen-bond acceptors (Lipinski definition) is 5. The molecule has 0 aliphatic heterocycles. The maximum absolute atomic E-state index is 13.1. The topological polar surface area (TPSA) is 136 Å². The number of rotatable bonds is 6. The van der Waals surface area contributed by atoms with E-state index in [1.54, 1.807) is 0 Å². The van der Waals surface area contributed by atoms with E-state index >= 15 is 0 Å². The zero-order valence-corrected chi connectivity index (χ0v) is 10.2. The average molecular weight is 285 g/mol. The number of carboxylic acid groups (broad SMARTS) is 1. The number of hydrogen-bond donors (Lipinski definition) is 3. The van der Waals surface area contributed by atoms with Gasteiger partial charge in [-0.25, -0.2) is 0 Å². The van der Waals surface area contributed by atoms with Gasteiger partial charge in [0.1, 0.15) is 0 Å². The van der Waals surface area contributed by atoms with Gasteiger partial charge >= 0.3 is 11.7 Å². The molecule has 0 bridgehead atoms. The second-order valence-corrected chi connectivity index (χ2v) is 3.95. The van der Waals surface area contributed by atoms with Crippen LogP contribution >= 0.6 is 0 Å². The number of aliphatic carboxylic acids is 1. The van der Waals surface area contributed by atoms with Gasteiger partial charge < -0.3 is 16.2 Å². The molecule has 1 aromatic rings. The molecule has 0 saturated heterocycles. The third kappa shape index (κ3) is 4.28. The highest BCUT2D eigenvalue weighted by Crippen LogP contribution is 2.21. The molecule has 108 valence electrons. The van der Waals surface area contributed by atoms with E-state index in [2.05, 4.69) is 5.32 Å². The fraction of sp³-hybridized carbons (Fsp3) is 0.273. The summed E-state index contributed by atoms with van der Waals surface area (Å²) in [6, 6.07) is 1.77. The Balaban J connectivity index is 2.73. The van der Waals surface area contributed by atoms with Crippen LogP contribution in [0.4, 0.5) is 15.8 Å². The molecule has 20 heavy (non-hydrogen) atoms. The fourth-order valence-electron chi connectivity index (χ4n) is 1.38. The normalized spacial score (nSPS) is 11.7. The fourth-order valence-corrected chi connectivity index (χ4v) is 1.38. The van der Waals surface area contributed by atoms with Crippen LogP contribution in [0.1, 0.15) is 12.8 Å². The van der Waals surface area contributed by atoms with Gasteiger partial charge in [-0.3, -0.25) is 19.7 Å². The third-order valence-corrected chi connectivity index (χ3v) is 2.42. The summed E-state index contributed by atoms with van der Waals surface area (Å²) in [4.78, 5) is 31.5. The summed E-state index contributed by atoms with van der Waals surface area (Å²) < 4.78 is 13.1. The highest BCUT2D eigenvalue weighted by Gasteiger charge is 2.18. The first-order chi connectivity index (χ1) is 9.31. The van der Waals surface area contributed by atoms with Crippen molar-refractivity contribution in [1.82, 2.24) is 0 Å². The molecule has 1 amide bonds. The van der Waals surface area contributed by atoms with Crippen LogP contribution in [0.5, 0.6) is 0 Å². The summed E-state index contributed by atoms with van der Waals surface area (Å²) in [6.07, 6.45) is -0.359. The molecule has 1 rings (SSSR count). The molecule has 1 unspecified atom stereocenters. The number of nitro benzene ring substituents is 1. The number of carbonyl (C=O) groups excluding carboxylic acids is 1. The number of nitrogens with two attached hydrogens (primary N) is 1. The lowest BCUT2D eigenvalue weighted by molar-refractivity contribution is -0.387. The number of carboxylic acids is 1. The van der Waals surface area contributed by atoms with E-state index in [-0.39, 0.29) is 18.5 Å². The van der Waals surface area contributed by atoms with Gasteiger partial charge in [0.05, 0.1) is 11.0 Å². The molecule has 8 nitrogen and oxygen atoms in total. The summed E-state index contributed by atoms with van der Waals surface area (Å²) in [6.45, 7) is 0. The molecule has 4 N–H and O–H groups in total. The highest BCUT2D eigenvalue weighted by atomic mass is 19.1. The van der Waals surface area contributed by atoms with Crippen molar-refractivity contribution in [2.45, 2.75) is 18.9 Å². The van der Waals surface area contributed by atoms with E-state index in [0.29, 0.717) is 0 Å². The number of nitro groups is 1. The number of amides is 1. The zero-order valence-electron chi connectivity index (χ0n) is 10.2. The van der Waals surface area contributed by atoms with Crippen LogP contribution in [-0.4, -0.2) is 27.9 Å². The monoisotopic (exact) mass is 285 g/mol. The van der Waals surface area contributed by atoms with Gasteiger partial charge in [0.25, 0.3) is 0 Å². The maximum Gasteiger partial charge on any atom is 0.306 e. The van der Waals surface area contributed by atoms with E-state index < -0.39 is 34.3 Å². The molecule has 0 fully saturated rings. The van der Waals surface area contributed by atoms with Crippen LogP contribution in [0.3, 0.4) is 0 Å². The number of nitrogens with one attached hydrogen (secondary N) is 1. The van der Waals surface area contributed by atoms with Gasteiger partial charge in [-0.05, 0) is 18.6 Å². The molecular weight excluding hydrogens is 273 g/mol. The smallest absolute Gasteiger partial charge is 0.306 e. The Morgan fingerprint density at radius 2 is 2.15 bits per heavy atom. The SMILES string of the molecule is NC(CCC(=O)O)C(=O)Nc1ccc(F)c([N+](=O)[O-])c1. The number of benzene rings is 1. The minimum absolute atomic E-state index is 0.00822. The predicted octanol–water partition coefficient (Wildman–Crippen LogP) is 0.864. The molecule has 0 aliphatic rings. The van der Waals surface area contributed by atoms with Crippen LogP contribution in [0.2, 0.25) is 0 Å². The molecular formula is C11H12FN3O5. The first-order valence-electron chi connectivity index (χ1n) is 5.53. The lowest BCUT2D eigenvalue weighted by Gasteiger charge is -2.11. The standard InChI is InChI=1S/C11H12FN3O5/c12-7-2-1-6(5-9(7)15(19)20)14-11(18)8(13)3-4-10(16)17/h1-2,5,8H,3-4,13H2,(H,14,18)(H,16,17). The number of carbonyl (C=O) groups is 2. The Morgan fingerprint density at radius 3 is 2.70 bits per heavy atom. The van der Waals surface area contributed by atoms with Gasteiger partial charge in [-0.1, -0.05) is 0 Å². The molecule has 9 heteroatoms. The summed E-state index contributed by atoms with van der Waals surface area (Å²) in [5, 5.41) is 21.3. The molecule has 0 spiro atoms. The number of nitrogens with zero attached hydrogens (tertiary/aromatic N) is 1. The molecule has 0 radical (unpaired) electrons. The predicted molar refractivity (Wildman–Crippen MR) is 66.5 cm³/mol. The van der Waals surface area contributed by atoms with E-state index in [0.717, 1.165) is 18.2 Å². The van der Waals surface area contributed by atoms with Gasteiger partial charge in [-0.15, -0.1) is 0 Å². The van der Waals surface area contributed by atoms with Gasteiger partial charge in [0, 0.05) is 18.2 Å². The quantitative estimate of drug-likeness (QED) is 0.524.